The highest BCUT2D eigenvalue weighted by Crippen LogP contribution is 2.31. The Morgan fingerprint density at radius 2 is 1.46 bits per heavy atom. The number of amides is 1. The molecule has 1 heterocycles. The van der Waals surface area contributed by atoms with Crippen molar-refractivity contribution in [2.24, 2.45) is 0 Å². The van der Waals surface area contributed by atoms with Crippen LogP contribution < -0.4 is 5.32 Å². The number of hydrogen-bond acceptors (Lipinski definition) is 5. The van der Waals surface area contributed by atoms with E-state index in [1.807, 2.05) is 30.3 Å². The second kappa shape index (κ2) is 7.41. The zero-order chi connectivity index (χ0) is 18.7. The van der Waals surface area contributed by atoms with Crippen LogP contribution in [-0.4, -0.2) is 22.5 Å². The van der Waals surface area contributed by atoms with E-state index >= 15 is 0 Å². The fraction of sp³-hybridized carbons (Fsp3) is 0.100. The maximum Gasteiger partial charge on any atom is 0.257 e. The summed E-state index contributed by atoms with van der Waals surface area (Å²) in [4.78, 5) is 40.6. The molecule has 0 saturated heterocycles. The average Bonchev–Trinajstić information content (AvgIpc) is 3.06. The Morgan fingerprint density at radius 3 is 2.04 bits per heavy atom. The van der Waals surface area contributed by atoms with Crippen LogP contribution in [0.15, 0.2) is 54.6 Å². The molecule has 0 saturated carbocycles. The van der Waals surface area contributed by atoms with Crippen molar-refractivity contribution in [3.8, 4) is 11.3 Å². The molecule has 0 unspecified atom stereocenters. The Labute approximate surface area is 154 Å². The summed E-state index contributed by atoms with van der Waals surface area (Å²) in [5.74, 6) is -0.508. The zero-order valence-electron chi connectivity index (χ0n) is 14.3. The van der Waals surface area contributed by atoms with Gasteiger partial charge >= 0.3 is 0 Å². The minimum atomic E-state index is -0.344. The van der Waals surface area contributed by atoms with Gasteiger partial charge < -0.3 is 0 Å². The molecule has 0 atom stereocenters. The third-order valence-corrected chi connectivity index (χ3v) is 4.84. The van der Waals surface area contributed by atoms with Crippen LogP contribution in [-0.2, 0) is 0 Å². The monoisotopic (exact) mass is 364 g/mol. The Kier molecular flexibility index (Phi) is 5.04. The summed E-state index contributed by atoms with van der Waals surface area (Å²) >= 11 is 1.15. The molecule has 1 aromatic heterocycles. The number of carbonyl (C=O) groups is 3. The molecular weight excluding hydrogens is 348 g/mol. The first kappa shape index (κ1) is 17.7. The van der Waals surface area contributed by atoms with E-state index in [9.17, 15) is 14.4 Å². The molecule has 130 valence electrons. The van der Waals surface area contributed by atoms with Gasteiger partial charge in [-0.05, 0) is 19.1 Å². The van der Waals surface area contributed by atoms with E-state index < -0.39 is 0 Å². The molecule has 1 amide bonds. The molecule has 0 bridgehead atoms. The van der Waals surface area contributed by atoms with E-state index in [0.717, 1.165) is 16.9 Å². The van der Waals surface area contributed by atoms with Crippen molar-refractivity contribution < 1.29 is 14.4 Å². The van der Waals surface area contributed by atoms with Gasteiger partial charge in [0, 0.05) is 23.6 Å². The molecule has 6 heteroatoms. The minimum absolute atomic E-state index is 0.0597. The van der Waals surface area contributed by atoms with Crippen molar-refractivity contribution in [2.75, 3.05) is 5.32 Å². The van der Waals surface area contributed by atoms with E-state index in [1.54, 1.807) is 24.3 Å². The van der Waals surface area contributed by atoms with Gasteiger partial charge in [-0.3, -0.25) is 19.7 Å². The number of nitrogens with zero attached hydrogens (tertiary/aromatic N) is 1. The predicted octanol–water partition coefficient (Wildman–Crippen LogP) is 4.47. The van der Waals surface area contributed by atoms with Gasteiger partial charge in [0.15, 0.2) is 16.7 Å². The van der Waals surface area contributed by atoms with Gasteiger partial charge in [-0.1, -0.05) is 53.8 Å². The van der Waals surface area contributed by atoms with Crippen LogP contribution in [0.4, 0.5) is 5.13 Å². The van der Waals surface area contributed by atoms with Crippen LogP contribution in [0.3, 0.4) is 0 Å². The number of anilines is 1. The van der Waals surface area contributed by atoms with Crippen molar-refractivity contribution in [3.63, 3.8) is 0 Å². The summed E-state index contributed by atoms with van der Waals surface area (Å²) in [6.07, 6.45) is 0. The Bertz CT molecular complexity index is 976. The van der Waals surface area contributed by atoms with Crippen LogP contribution in [0.5, 0.6) is 0 Å². The highest BCUT2D eigenvalue weighted by Gasteiger charge is 2.18. The van der Waals surface area contributed by atoms with E-state index in [-0.39, 0.29) is 17.5 Å². The average molecular weight is 364 g/mol. The van der Waals surface area contributed by atoms with E-state index in [4.69, 9.17) is 0 Å². The molecule has 0 aliphatic carbocycles. The maximum atomic E-state index is 12.4. The Hall–Kier alpha value is -3.12. The molecule has 3 rings (SSSR count). The first-order chi connectivity index (χ1) is 12.5. The lowest BCUT2D eigenvalue weighted by Gasteiger charge is -2.02. The molecule has 0 fully saturated rings. The number of nitrogens with one attached hydrogen (secondary N) is 1. The molecule has 1 N–H and O–H groups in total. The summed E-state index contributed by atoms with van der Waals surface area (Å²) in [7, 11) is 0. The topological polar surface area (TPSA) is 76.1 Å². The van der Waals surface area contributed by atoms with Crippen LogP contribution in [0, 0.1) is 0 Å². The van der Waals surface area contributed by atoms with Crippen LogP contribution in [0.25, 0.3) is 11.3 Å². The SMILES string of the molecule is CC(=O)c1ccc(C(=O)Nc2nc(-c3ccccc3)c(C(C)=O)s2)cc1. The summed E-state index contributed by atoms with van der Waals surface area (Å²) in [6, 6.07) is 15.7. The van der Waals surface area contributed by atoms with Crippen molar-refractivity contribution in [1.29, 1.82) is 0 Å². The number of aromatic nitrogens is 1. The molecule has 0 radical (unpaired) electrons. The summed E-state index contributed by atoms with van der Waals surface area (Å²) < 4.78 is 0. The molecule has 3 aromatic rings. The fourth-order valence-corrected chi connectivity index (χ4v) is 3.31. The van der Waals surface area contributed by atoms with Gasteiger partial charge in [0.25, 0.3) is 5.91 Å². The third-order valence-electron chi connectivity index (χ3n) is 3.77. The van der Waals surface area contributed by atoms with Crippen molar-refractivity contribution in [3.05, 3.63) is 70.6 Å². The normalized spacial score (nSPS) is 10.4. The summed E-state index contributed by atoms with van der Waals surface area (Å²) in [5, 5.41) is 3.08. The van der Waals surface area contributed by atoms with Gasteiger partial charge in [0.2, 0.25) is 0 Å². The minimum Gasteiger partial charge on any atom is -0.298 e. The van der Waals surface area contributed by atoms with Crippen molar-refractivity contribution >= 4 is 33.9 Å². The van der Waals surface area contributed by atoms with Crippen LogP contribution >= 0.6 is 11.3 Å². The number of Topliss-reactive ketones (excluding diaryl/α,β-unsaturated/α-hetero) is 2. The van der Waals surface area contributed by atoms with Crippen molar-refractivity contribution in [1.82, 2.24) is 4.98 Å². The first-order valence-electron chi connectivity index (χ1n) is 7.95. The molecule has 2 aromatic carbocycles. The van der Waals surface area contributed by atoms with E-state index in [0.29, 0.717) is 26.8 Å². The lowest BCUT2D eigenvalue weighted by atomic mass is 10.1. The number of rotatable bonds is 5. The van der Waals surface area contributed by atoms with E-state index in [2.05, 4.69) is 10.3 Å². The van der Waals surface area contributed by atoms with Crippen LogP contribution in [0.1, 0.15) is 44.2 Å². The zero-order valence-corrected chi connectivity index (χ0v) is 15.1. The second-order valence-electron chi connectivity index (χ2n) is 5.71. The first-order valence-corrected chi connectivity index (χ1v) is 8.77. The number of hydrogen-bond donors (Lipinski definition) is 1. The lowest BCUT2D eigenvalue weighted by Crippen LogP contribution is -2.11. The molecule has 5 nitrogen and oxygen atoms in total. The molecule has 26 heavy (non-hydrogen) atoms. The quantitative estimate of drug-likeness (QED) is 0.678. The second-order valence-corrected chi connectivity index (χ2v) is 6.71. The summed E-state index contributed by atoms with van der Waals surface area (Å²) in [6.45, 7) is 2.95. The van der Waals surface area contributed by atoms with Gasteiger partial charge in [0.1, 0.15) is 0 Å². The van der Waals surface area contributed by atoms with Crippen LogP contribution in [0.2, 0.25) is 0 Å². The van der Waals surface area contributed by atoms with Gasteiger partial charge in [-0.15, -0.1) is 0 Å². The summed E-state index contributed by atoms with van der Waals surface area (Å²) in [5.41, 5.74) is 2.34. The highest BCUT2D eigenvalue weighted by atomic mass is 32.1. The standard InChI is InChI=1S/C20H16N2O3S/c1-12(23)14-8-10-16(11-9-14)19(25)22-20-21-17(18(26-20)13(2)24)15-6-4-3-5-7-15/h3-11H,1-2H3,(H,21,22,25). The van der Waals surface area contributed by atoms with Gasteiger partial charge in [-0.2, -0.15) is 0 Å². The largest absolute Gasteiger partial charge is 0.298 e. The Morgan fingerprint density at radius 1 is 0.846 bits per heavy atom. The molecule has 0 aliphatic rings. The van der Waals surface area contributed by atoms with E-state index in [1.165, 1.54) is 13.8 Å². The van der Waals surface area contributed by atoms with Gasteiger partial charge in [-0.25, -0.2) is 4.98 Å². The van der Waals surface area contributed by atoms with Crippen molar-refractivity contribution in [2.45, 2.75) is 13.8 Å². The number of ketones is 2. The number of benzene rings is 2. The Balaban J connectivity index is 1.87. The smallest absolute Gasteiger partial charge is 0.257 e. The molecular formula is C20H16N2O3S. The fourth-order valence-electron chi connectivity index (χ4n) is 2.43. The number of carbonyl (C=O) groups excluding carboxylic acids is 3. The highest BCUT2D eigenvalue weighted by molar-refractivity contribution is 7.18. The molecule has 0 aliphatic heterocycles. The maximum absolute atomic E-state index is 12.4. The molecule has 0 spiro atoms. The number of thiazole rings is 1. The predicted molar refractivity (Wildman–Crippen MR) is 102 cm³/mol. The third kappa shape index (κ3) is 3.75. The van der Waals surface area contributed by atoms with Gasteiger partial charge in [0.05, 0.1) is 10.6 Å². The lowest BCUT2D eigenvalue weighted by molar-refractivity contribution is 0.100.